The second kappa shape index (κ2) is 4.78. The Bertz CT molecular complexity index is 560. The minimum atomic E-state index is -0.461. The normalized spacial score (nSPS) is 18.6. The van der Waals surface area contributed by atoms with Gasteiger partial charge in [-0.25, -0.2) is 0 Å². The molecule has 0 saturated heterocycles. The molecule has 1 atom stereocenters. The maximum Gasteiger partial charge on any atom is 0.0903 e. The predicted molar refractivity (Wildman–Crippen MR) is 75.9 cm³/mol. The lowest BCUT2D eigenvalue weighted by molar-refractivity contribution is 0.0261. The molecule has 2 heteroatoms. The fourth-order valence-electron chi connectivity index (χ4n) is 3.11. The molecule has 0 amide bonds. The molecule has 1 aliphatic carbocycles. The molecule has 0 aliphatic heterocycles. The van der Waals surface area contributed by atoms with Crippen molar-refractivity contribution in [1.82, 2.24) is 4.98 Å². The van der Waals surface area contributed by atoms with Gasteiger partial charge in [0.25, 0.3) is 0 Å². The number of rotatable bonds is 3. The largest absolute Gasteiger partial charge is 0.387 e. The lowest BCUT2D eigenvalue weighted by atomic mass is 9.59. The van der Waals surface area contributed by atoms with Crippen molar-refractivity contribution in [2.75, 3.05) is 0 Å². The third-order valence-corrected chi connectivity index (χ3v) is 4.49. The van der Waals surface area contributed by atoms with Gasteiger partial charge in [-0.05, 0) is 37.0 Å². The summed E-state index contributed by atoms with van der Waals surface area (Å²) in [6.07, 6.45) is 6.41. The van der Waals surface area contributed by atoms with E-state index in [2.05, 4.69) is 29.2 Å². The van der Waals surface area contributed by atoms with Crippen LogP contribution >= 0.6 is 0 Å². The number of aliphatic hydroxyl groups excluding tert-OH is 1. The van der Waals surface area contributed by atoms with Gasteiger partial charge < -0.3 is 5.11 Å². The quantitative estimate of drug-likeness (QED) is 0.907. The van der Waals surface area contributed by atoms with E-state index in [9.17, 15) is 5.11 Å². The smallest absolute Gasteiger partial charge is 0.0903 e. The minimum Gasteiger partial charge on any atom is -0.387 e. The fourth-order valence-corrected chi connectivity index (χ4v) is 3.11. The highest BCUT2D eigenvalue weighted by molar-refractivity contribution is 5.36. The molecule has 19 heavy (non-hydrogen) atoms. The van der Waals surface area contributed by atoms with Crippen LogP contribution in [0.5, 0.6) is 0 Å². The number of aryl methyl sites for hydroxylation is 1. The molecule has 1 unspecified atom stereocenters. The average molecular weight is 253 g/mol. The molecular weight excluding hydrogens is 234 g/mol. The van der Waals surface area contributed by atoms with Crippen LogP contribution < -0.4 is 0 Å². The molecule has 1 aliphatic rings. The third kappa shape index (κ3) is 1.96. The summed E-state index contributed by atoms with van der Waals surface area (Å²) >= 11 is 0. The molecule has 0 radical (unpaired) electrons. The van der Waals surface area contributed by atoms with Crippen LogP contribution in [0, 0.1) is 6.92 Å². The SMILES string of the molecule is Cc1ccncc1C(O)C1(c2ccccc2)CCC1. The Hall–Kier alpha value is -1.67. The van der Waals surface area contributed by atoms with Crippen LogP contribution in [0.4, 0.5) is 0 Å². The van der Waals surface area contributed by atoms with E-state index < -0.39 is 6.10 Å². The van der Waals surface area contributed by atoms with Crippen molar-refractivity contribution in [3.63, 3.8) is 0 Å². The molecule has 1 saturated carbocycles. The molecule has 98 valence electrons. The highest BCUT2D eigenvalue weighted by atomic mass is 16.3. The molecular formula is C17H19NO. The highest BCUT2D eigenvalue weighted by Crippen LogP contribution is 2.52. The van der Waals surface area contributed by atoms with Gasteiger partial charge in [0.1, 0.15) is 0 Å². The minimum absolute atomic E-state index is 0.116. The maximum absolute atomic E-state index is 10.9. The molecule has 1 aromatic heterocycles. The average Bonchev–Trinajstić information content (AvgIpc) is 2.39. The molecule has 2 nitrogen and oxygen atoms in total. The van der Waals surface area contributed by atoms with Crippen LogP contribution in [0.2, 0.25) is 0 Å². The van der Waals surface area contributed by atoms with Gasteiger partial charge in [0.15, 0.2) is 0 Å². The standard InChI is InChI=1S/C17H19NO/c1-13-8-11-18-12-15(13)16(19)17(9-5-10-17)14-6-3-2-4-7-14/h2-4,6-8,11-12,16,19H,5,9-10H2,1H3. The van der Waals surface area contributed by atoms with Gasteiger partial charge in [-0.15, -0.1) is 0 Å². The van der Waals surface area contributed by atoms with Crippen LogP contribution in [0.3, 0.4) is 0 Å². The van der Waals surface area contributed by atoms with Crippen LogP contribution in [-0.2, 0) is 5.41 Å². The number of aliphatic hydroxyl groups is 1. The molecule has 0 bridgehead atoms. The first kappa shape index (κ1) is 12.4. The van der Waals surface area contributed by atoms with Crippen LogP contribution in [0.1, 0.15) is 42.1 Å². The summed E-state index contributed by atoms with van der Waals surface area (Å²) in [7, 11) is 0. The van der Waals surface area contributed by atoms with Crippen molar-refractivity contribution in [2.45, 2.75) is 37.7 Å². The van der Waals surface area contributed by atoms with E-state index in [4.69, 9.17) is 0 Å². The monoisotopic (exact) mass is 253 g/mol. The van der Waals surface area contributed by atoms with Crippen LogP contribution in [-0.4, -0.2) is 10.1 Å². The van der Waals surface area contributed by atoms with E-state index in [1.54, 1.807) is 6.20 Å². The highest BCUT2D eigenvalue weighted by Gasteiger charge is 2.45. The Morgan fingerprint density at radius 2 is 1.89 bits per heavy atom. The van der Waals surface area contributed by atoms with Crippen molar-refractivity contribution in [2.24, 2.45) is 0 Å². The van der Waals surface area contributed by atoms with E-state index in [0.29, 0.717) is 0 Å². The lowest BCUT2D eigenvalue weighted by Gasteiger charge is -2.46. The molecule has 1 N–H and O–H groups in total. The van der Waals surface area contributed by atoms with Gasteiger partial charge >= 0.3 is 0 Å². The predicted octanol–water partition coefficient (Wildman–Crippen LogP) is 3.55. The zero-order valence-corrected chi connectivity index (χ0v) is 11.2. The number of benzene rings is 1. The molecule has 3 rings (SSSR count). The summed E-state index contributed by atoms with van der Waals surface area (Å²) in [5, 5.41) is 10.9. The Balaban J connectivity index is 2.02. The van der Waals surface area contributed by atoms with Crippen molar-refractivity contribution in [3.05, 3.63) is 65.5 Å². The first-order chi connectivity index (χ1) is 9.24. The van der Waals surface area contributed by atoms with Gasteiger partial charge in [-0.2, -0.15) is 0 Å². The molecule has 1 aromatic carbocycles. The zero-order valence-electron chi connectivity index (χ0n) is 11.2. The molecule has 0 spiro atoms. The number of nitrogens with zero attached hydrogens (tertiary/aromatic N) is 1. The first-order valence-corrected chi connectivity index (χ1v) is 6.88. The van der Waals surface area contributed by atoms with Crippen LogP contribution in [0.25, 0.3) is 0 Å². The van der Waals surface area contributed by atoms with Gasteiger partial charge in [-0.3, -0.25) is 4.98 Å². The molecule has 1 fully saturated rings. The fraction of sp³-hybridized carbons (Fsp3) is 0.353. The number of pyridine rings is 1. The second-order valence-corrected chi connectivity index (χ2v) is 5.51. The summed E-state index contributed by atoms with van der Waals surface area (Å²) in [4.78, 5) is 4.17. The first-order valence-electron chi connectivity index (χ1n) is 6.88. The Morgan fingerprint density at radius 3 is 2.47 bits per heavy atom. The van der Waals surface area contributed by atoms with E-state index in [0.717, 1.165) is 24.0 Å². The summed E-state index contributed by atoms with van der Waals surface area (Å²) in [6, 6.07) is 12.4. The maximum atomic E-state index is 10.9. The summed E-state index contributed by atoms with van der Waals surface area (Å²) in [6.45, 7) is 2.04. The number of aromatic nitrogens is 1. The van der Waals surface area contributed by atoms with E-state index in [-0.39, 0.29) is 5.41 Å². The molecule has 2 aromatic rings. The zero-order chi connectivity index (χ0) is 13.3. The van der Waals surface area contributed by atoms with Crippen molar-refractivity contribution < 1.29 is 5.11 Å². The summed E-state index contributed by atoms with van der Waals surface area (Å²) < 4.78 is 0. The molecule has 1 heterocycles. The van der Waals surface area contributed by atoms with E-state index in [1.165, 1.54) is 12.0 Å². The number of hydrogen-bond donors (Lipinski definition) is 1. The Kier molecular flexibility index (Phi) is 3.11. The Labute approximate surface area is 114 Å². The Morgan fingerprint density at radius 1 is 1.16 bits per heavy atom. The summed E-state index contributed by atoms with van der Waals surface area (Å²) in [5.41, 5.74) is 3.21. The van der Waals surface area contributed by atoms with Crippen molar-refractivity contribution >= 4 is 0 Å². The van der Waals surface area contributed by atoms with Crippen molar-refractivity contribution in [3.8, 4) is 0 Å². The lowest BCUT2D eigenvalue weighted by Crippen LogP contribution is -2.40. The number of hydrogen-bond acceptors (Lipinski definition) is 2. The van der Waals surface area contributed by atoms with Crippen molar-refractivity contribution in [1.29, 1.82) is 0 Å². The second-order valence-electron chi connectivity index (χ2n) is 5.51. The van der Waals surface area contributed by atoms with Gasteiger partial charge in [0.2, 0.25) is 0 Å². The van der Waals surface area contributed by atoms with Crippen LogP contribution in [0.15, 0.2) is 48.8 Å². The summed E-state index contributed by atoms with van der Waals surface area (Å²) in [5.74, 6) is 0. The van der Waals surface area contributed by atoms with Gasteiger partial charge in [0, 0.05) is 23.4 Å². The van der Waals surface area contributed by atoms with Gasteiger partial charge in [-0.1, -0.05) is 36.8 Å². The topological polar surface area (TPSA) is 33.1 Å². The van der Waals surface area contributed by atoms with E-state index in [1.807, 2.05) is 25.3 Å². The third-order valence-electron chi connectivity index (χ3n) is 4.49. The van der Waals surface area contributed by atoms with E-state index >= 15 is 0 Å². The van der Waals surface area contributed by atoms with Gasteiger partial charge in [0.05, 0.1) is 6.10 Å².